The standard InChI is InChI=1S/C15H16N4/c1-9-4-5-11-6-12-7-17-13(8-16-3)18-15(12)19-14(11)10(9)2/h4-7,16H,8H2,1-3H3. The van der Waals surface area contributed by atoms with Crippen molar-refractivity contribution >= 4 is 21.9 Å². The summed E-state index contributed by atoms with van der Waals surface area (Å²) in [6.07, 6.45) is 1.84. The molecular formula is C15H16N4. The normalized spacial score (nSPS) is 11.3. The van der Waals surface area contributed by atoms with E-state index in [9.17, 15) is 0 Å². The highest BCUT2D eigenvalue weighted by Gasteiger charge is 2.06. The molecule has 0 saturated carbocycles. The first-order valence-electron chi connectivity index (χ1n) is 6.36. The molecule has 4 nitrogen and oxygen atoms in total. The van der Waals surface area contributed by atoms with Gasteiger partial charge >= 0.3 is 0 Å². The van der Waals surface area contributed by atoms with Gasteiger partial charge in [0.15, 0.2) is 5.65 Å². The first kappa shape index (κ1) is 12.0. The zero-order valence-corrected chi connectivity index (χ0v) is 11.4. The van der Waals surface area contributed by atoms with E-state index >= 15 is 0 Å². The summed E-state index contributed by atoms with van der Waals surface area (Å²) in [5, 5.41) is 5.18. The van der Waals surface area contributed by atoms with Crippen LogP contribution in [-0.2, 0) is 6.54 Å². The van der Waals surface area contributed by atoms with E-state index in [1.807, 2.05) is 13.2 Å². The predicted molar refractivity (Wildman–Crippen MR) is 77.1 cm³/mol. The maximum atomic E-state index is 4.70. The number of aromatic nitrogens is 3. The quantitative estimate of drug-likeness (QED) is 0.712. The average Bonchev–Trinajstić information content (AvgIpc) is 2.42. The van der Waals surface area contributed by atoms with Crippen molar-refractivity contribution in [1.82, 2.24) is 20.3 Å². The molecule has 2 aromatic heterocycles. The Hall–Kier alpha value is -2.07. The van der Waals surface area contributed by atoms with Crippen LogP contribution in [0.1, 0.15) is 17.0 Å². The number of nitrogens with zero attached hydrogens (tertiary/aromatic N) is 3. The molecule has 4 heteroatoms. The van der Waals surface area contributed by atoms with Crippen molar-refractivity contribution < 1.29 is 0 Å². The molecule has 2 heterocycles. The third-order valence-electron chi connectivity index (χ3n) is 3.44. The highest BCUT2D eigenvalue weighted by atomic mass is 15.0. The lowest BCUT2D eigenvalue weighted by atomic mass is 10.0. The zero-order chi connectivity index (χ0) is 13.4. The Bertz CT molecular complexity index is 765. The molecule has 3 aromatic rings. The molecule has 0 saturated heterocycles. The fourth-order valence-corrected chi connectivity index (χ4v) is 2.21. The summed E-state index contributed by atoms with van der Waals surface area (Å²) in [4.78, 5) is 13.5. The number of hydrogen-bond acceptors (Lipinski definition) is 4. The number of nitrogens with one attached hydrogen (secondary N) is 1. The molecule has 0 spiro atoms. The molecule has 0 aliphatic carbocycles. The van der Waals surface area contributed by atoms with Gasteiger partial charge in [0.1, 0.15) is 5.82 Å². The summed E-state index contributed by atoms with van der Waals surface area (Å²) in [5.74, 6) is 0.771. The van der Waals surface area contributed by atoms with Crippen LogP contribution in [0.2, 0.25) is 0 Å². The lowest BCUT2D eigenvalue weighted by Gasteiger charge is -2.07. The first-order valence-corrected chi connectivity index (χ1v) is 6.36. The van der Waals surface area contributed by atoms with Crippen molar-refractivity contribution in [2.75, 3.05) is 7.05 Å². The van der Waals surface area contributed by atoms with E-state index in [1.165, 1.54) is 11.1 Å². The van der Waals surface area contributed by atoms with E-state index in [-0.39, 0.29) is 0 Å². The Kier molecular flexibility index (Phi) is 2.87. The lowest BCUT2D eigenvalue weighted by Crippen LogP contribution is -2.09. The molecule has 96 valence electrons. The van der Waals surface area contributed by atoms with Gasteiger partial charge in [0.05, 0.1) is 12.1 Å². The van der Waals surface area contributed by atoms with Crippen molar-refractivity contribution in [3.63, 3.8) is 0 Å². The van der Waals surface area contributed by atoms with E-state index in [0.29, 0.717) is 6.54 Å². The third kappa shape index (κ3) is 2.04. The van der Waals surface area contributed by atoms with Crippen LogP contribution in [0.25, 0.3) is 21.9 Å². The number of benzene rings is 1. The van der Waals surface area contributed by atoms with Gasteiger partial charge in [0.2, 0.25) is 0 Å². The second kappa shape index (κ2) is 4.55. The van der Waals surface area contributed by atoms with Crippen LogP contribution in [0.3, 0.4) is 0 Å². The maximum absolute atomic E-state index is 4.70. The zero-order valence-electron chi connectivity index (χ0n) is 11.4. The van der Waals surface area contributed by atoms with Crippen LogP contribution in [-0.4, -0.2) is 22.0 Å². The van der Waals surface area contributed by atoms with Crippen molar-refractivity contribution in [2.24, 2.45) is 0 Å². The summed E-state index contributed by atoms with van der Waals surface area (Å²) in [6.45, 7) is 4.86. The van der Waals surface area contributed by atoms with Gasteiger partial charge in [-0.25, -0.2) is 15.0 Å². The van der Waals surface area contributed by atoms with Crippen LogP contribution in [0, 0.1) is 13.8 Å². The van der Waals surface area contributed by atoms with Crippen molar-refractivity contribution in [2.45, 2.75) is 20.4 Å². The summed E-state index contributed by atoms with van der Waals surface area (Å²) < 4.78 is 0. The van der Waals surface area contributed by atoms with Crippen LogP contribution in [0.4, 0.5) is 0 Å². The molecule has 0 bridgehead atoms. The molecule has 0 atom stereocenters. The molecule has 0 unspecified atom stereocenters. The molecule has 19 heavy (non-hydrogen) atoms. The lowest BCUT2D eigenvalue weighted by molar-refractivity contribution is 0.763. The van der Waals surface area contributed by atoms with Gasteiger partial charge in [-0.2, -0.15) is 0 Å². The smallest absolute Gasteiger partial charge is 0.163 e. The minimum absolute atomic E-state index is 0.655. The third-order valence-corrected chi connectivity index (χ3v) is 3.44. The molecule has 0 amide bonds. The number of pyridine rings is 1. The van der Waals surface area contributed by atoms with Gasteiger partial charge in [-0.3, -0.25) is 0 Å². The Balaban J connectivity index is 2.30. The number of fused-ring (bicyclic) bond motifs is 2. The Morgan fingerprint density at radius 2 is 1.95 bits per heavy atom. The molecule has 1 aromatic carbocycles. The molecule has 0 aliphatic rings. The number of hydrogen-bond donors (Lipinski definition) is 1. The van der Waals surface area contributed by atoms with E-state index in [2.05, 4.69) is 47.3 Å². The minimum atomic E-state index is 0.655. The molecular weight excluding hydrogens is 236 g/mol. The fraction of sp³-hybridized carbons (Fsp3) is 0.267. The average molecular weight is 252 g/mol. The van der Waals surface area contributed by atoms with E-state index in [0.717, 1.165) is 27.8 Å². The van der Waals surface area contributed by atoms with E-state index in [1.54, 1.807) is 0 Å². The van der Waals surface area contributed by atoms with Crippen LogP contribution in [0.5, 0.6) is 0 Å². The summed E-state index contributed by atoms with van der Waals surface area (Å²) >= 11 is 0. The summed E-state index contributed by atoms with van der Waals surface area (Å²) in [6, 6.07) is 6.33. The molecule has 0 fully saturated rings. The Morgan fingerprint density at radius 1 is 1.11 bits per heavy atom. The van der Waals surface area contributed by atoms with Crippen molar-refractivity contribution in [1.29, 1.82) is 0 Å². The van der Waals surface area contributed by atoms with Gasteiger partial charge in [0, 0.05) is 17.0 Å². The highest BCUT2D eigenvalue weighted by molar-refractivity contribution is 5.92. The van der Waals surface area contributed by atoms with Gasteiger partial charge in [0.25, 0.3) is 0 Å². The molecule has 0 radical (unpaired) electrons. The second-order valence-electron chi connectivity index (χ2n) is 4.80. The van der Waals surface area contributed by atoms with Gasteiger partial charge in [-0.15, -0.1) is 0 Å². The van der Waals surface area contributed by atoms with Crippen LogP contribution >= 0.6 is 0 Å². The minimum Gasteiger partial charge on any atom is -0.313 e. The topological polar surface area (TPSA) is 50.7 Å². The maximum Gasteiger partial charge on any atom is 0.163 e. The van der Waals surface area contributed by atoms with Crippen LogP contribution < -0.4 is 5.32 Å². The molecule has 1 N–H and O–H groups in total. The summed E-state index contributed by atoms with van der Waals surface area (Å²) in [5.41, 5.74) is 4.26. The molecule has 3 rings (SSSR count). The Labute approximate surface area is 111 Å². The van der Waals surface area contributed by atoms with Gasteiger partial charge < -0.3 is 5.32 Å². The molecule has 0 aliphatic heterocycles. The SMILES string of the molecule is CNCc1ncc2cc3ccc(C)c(C)c3nc2n1. The van der Waals surface area contributed by atoms with Gasteiger partial charge in [-0.1, -0.05) is 12.1 Å². The second-order valence-corrected chi connectivity index (χ2v) is 4.80. The largest absolute Gasteiger partial charge is 0.313 e. The fourth-order valence-electron chi connectivity index (χ4n) is 2.21. The van der Waals surface area contributed by atoms with Crippen LogP contribution in [0.15, 0.2) is 24.4 Å². The number of rotatable bonds is 2. The highest BCUT2D eigenvalue weighted by Crippen LogP contribution is 2.22. The monoisotopic (exact) mass is 252 g/mol. The predicted octanol–water partition coefficient (Wildman–Crippen LogP) is 2.51. The van der Waals surface area contributed by atoms with E-state index < -0.39 is 0 Å². The van der Waals surface area contributed by atoms with E-state index in [4.69, 9.17) is 4.98 Å². The van der Waals surface area contributed by atoms with Crippen molar-refractivity contribution in [3.8, 4) is 0 Å². The number of aryl methyl sites for hydroxylation is 2. The summed E-state index contributed by atoms with van der Waals surface area (Å²) in [7, 11) is 1.88. The van der Waals surface area contributed by atoms with Gasteiger partial charge in [-0.05, 0) is 38.1 Å². The first-order chi connectivity index (χ1) is 9.19. The van der Waals surface area contributed by atoms with Crippen molar-refractivity contribution in [3.05, 3.63) is 41.3 Å². The Morgan fingerprint density at radius 3 is 2.74 bits per heavy atom.